The minimum absolute atomic E-state index is 0.0510. The Labute approximate surface area is 123 Å². The second-order valence-electron chi connectivity index (χ2n) is 4.08. The highest BCUT2D eigenvalue weighted by Gasteiger charge is 2.10. The molecule has 0 spiro atoms. The van der Waals surface area contributed by atoms with E-state index in [0.717, 1.165) is 18.4 Å². The summed E-state index contributed by atoms with van der Waals surface area (Å²) in [4.78, 5) is 11.9. The first-order valence-electron chi connectivity index (χ1n) is 6.53. The number of hydrogen-bond acceptors (Lipinski definition) is 5. The van der Waals surface area contributed by atoms with Crippen LogP contribution in [0.25, 0.3) is 0 Å². The van der Waals surface area contributed by atoms with Crippen LogP contribution < -0.4 is 9.47 Å². The molecular formula is C14H16ClN3O2. The van der Waals surface area contributed by atoms with E-state index in [-0.39, 0.29) is 17.3 Å². The number of para-hydroxylation sites is 1. The van der Waals surface area contributed by atoms with Crippen molar-refractivity contribution in [2.24, 2.45) is 0 Å². The van der Waals surface area contributed by atoms with Crippen molar-refractivity contribution in [3.8, 4) is 17.8 Å². The lowest BCUT2D eigenvalue weighted by molar-refractivity contribution is 0.284. The minimum Gasteiger partial charge on any atom is -0.463 e. The fourth-order valence-corrected chi connectivity index (χ4v) is 1.76. The first-order valence-corrected chi connectivity index (χ1v) is 6.90. The van der Waals surface area contributed by atoms with Gasteiger partial charge < -0.3 is 9.47 Å². The number of ether oxygens (including phenoxy) is 2. The maximum Gasteiger partial charge on any atom is 0.329 e. The molecule has 0 fully saturated rings. The van der Waals surface area contributed by atoms with Gasteiger partial charge in [0.15, 0.2) is 0 Å². The van der Waals surface area contributed by atoms with E-state index in [2.05, 4.69) is 21.9 Å². The highest BCUT2D eigenvalue weighted by molar-refractivity contribution is 6.28. The maximum absolute atomic E-state index is 5.85. The van der Waals surface area contributed by atoms with Crippen LogP contribution in [0.2, 0.25) is 5.28 Å². The van der Waals surface area contributed by atoms with Gasteiger partial charge in [-0.2, -0.15) is 9.97 Å². The number of halogens is 1. The molecule has 0 N–H and O–H groups in total. The normalized spacial score (nSPS) is 10.3. The fourth-order valence-electron chi connectivity index (χ4n) is 1.61. The van der Waals surface area contributed by atoms with Crippen LogP contribution in [-0.4, -0.2) is 21.6 Å². The highest BCUT2D eigenvalue weighted by atomic mass is 35.5. The summed E-state index contributed by atoms with van der Waals surface area (Å²) >= 11 is 5.85. The largest absolute Gasteiger partial charge is 0.463 e. The summed E-state index contributed by atoms with van der Waals surface area (Å²) in [5.74, 6) is 0.707. The van der Waals surface area contributed by atoms with E-state index < -0.39 is 0 Å². The van der Waals surface area contributed by atoms with Crippen molar-refractivity contribution in [3.05, 3.63) is 35.1 Å². The van der Waals surface area contributed by atoms with Gasteiger partial charge in [-0.3, -0.25) is 0 Å². The van der Waals surface area contributed by atoms with Gasteiger partial charge in [0.05, 0.1) is 6.61 Å². The zero-order valence-electron chi connectivity index (χ0n) is 11.5. The predicted octanol–water partition coefficient (Wildman–Crippen LogP) is 3.67. The summed E-state index contributed by atoms with van der Waals surface area (Å²) in [6.07, 6.45) is 1.71. The molecular weight excluding hydrogens is 278 g/mol. The summed E-state index contributed by atoms with van der Waals surface area (Å²) in [6, 6.07) is 8.02. The van der Waals surface area contributed by atoms with Crippen LogP contribution in [0.1, 0.15) is 25.8 Å². The van der Waals surface area contributed by atoms with Crippen LogP contribution in [0.3, 0.4) is 0 Å². The van der Waals surface area contributed by atoms with Crippen LogP contribution in [0.4, 0.5) is 0 Å². The third-order valence-corrected chi connectivity index (χ3v) is 2.73. The Morgan fingerprint density at radius 2 is 1.80 bits per heavy atom. The standard InChI is InChI=1S/C14H16ClN3O2/c1-3-9-19-13-16-12(15)17-14(18-13)20-11-8-6-5-7-10(11)4-2/h5-8H,3-4,9H2,1-2H3. The van der Waals surface area contributed by atoms with Crippen molar-refractivity contribution in [3.63, 3.8) is 0 Å². The van der Waals surface area contributed by atoms with Crippen molar-refractivity contribution in [2.75, 3.05) is 6.61 Å². The Balaban J connectivity index is 2.22. The molecule has 1 aromatic carbocycles. The van der Waals surface area contributed by atoms with Crippen LogP contribution in [0.5, 0.6) is 17.8 Å². The molecule has 0 saturated carbocycles. The molecule has 0 amide bonds. The fraction of sp³-hybridized carbons (Fsp3) is 0.357. The third-order valence-electron chi connectivity index (χ3n) is 2.56. The number of aromatic nitrogens is 3. The Morgan fingerprint density at radius 1 is 1.05 bits per heavy atom. The van der Waals surface area contributed by atoms with Gasteiger partial charge in [0.25, 0.3) is 0 Å². The highest BCUT2D eigenvalue weighted by Crippen LogP contribution is 2.24. The molecule has 0 aliphatic heterocycles. The minimum atomic E-state index is 0.0510. The van der Waals surface area contributed by atoms with Gasteiger partial charge in [-0.05, 0) is 36.1 Å². The van der Waals surface area contributed by atoms with Gasteiger partial charge in [-0.15, -0.1) is 4.98 Å². The van der Waals surface area contributed by atoms with Crippen molar-refractivity contribution in [2.45, 2.75) is 26.7 Å². The molecule has 1 aromatic heterocycles. The maximum atomic E-state index is 5.85. The second kappa shape index (κ2) is 7.05. The molecule has 0 atom stereocenters. The van der Waals surface area contributed by atoms with E-state index in [1.807, 2.05) is 31.2 Å². The van der Waals surface area contributed by atoms with Crippen LogP contribution >= 0.6 is 11.6 Å². The topological polar surface area (TPSA) is 57.1 Å². The zero-order chi connectivity index (χ0) is 14.4. The van der Waals surface area contributed by atoms with Crippen LogP contribution in [0.15, 0.2) is 24.3 Å². The molecule has 2 rings (SSSR count). The Bertz CT molecular complexity index is 578. The summed E-state index contributed by atoms with van der Waals surface area (Å²) in [7, 11) is 0. The molecule has 0 bridgehead atoms. The first kappa shape index (κ1) is 14.5. The van der Waals surface area contributed by atoms with E-state index >= 15 is 0 Å². The summed E-state index contributed by atoms with van der Waals surface area (Å²) in [6.45, 7) is 4.57. The van der Waals surface area contributed by atoms with E-state index in [9.17, 15) is 0 Å². The smallest absolute Gasteiger partial charge is 0.329 e. The molecule has 0 aliphatic carbocycles. The summed E-state index contributed by atoms with van der Waals surface area (Å²) in [5.41, 5.74) is 1.07. The number of rotatable bonds is 6. The second-order valence-corrected chi connectivity index (χ2v) is 4.42. The molecule has 2 aromatic rings. The molecule has 0 radical (unpaired) electrons. The average molecular weight is 294 g/mol. The number of nitrogens with zero attached hydrogens (tertiary/aromatic N) is 3. The molecule has 0 aliphatic rings. The van der Waals surface area contributed by atoms with E-state index in [1.165, 1.54) is 0 Å². The molecule has 20 heavy (non-hydrogen) atoms. The van der Waals surface area contributed by atoms with Gasteiger partial charge in [0.1, 0.15) is 5.75 Å². The van der Waals surface area contributed by atoms with Crippen LogP contribution in [0, 0.1) is 0 Å². The number of hydrogen-bond donors (Lipinski definition) is 0. The van der Waals surface area contributed by atoms with E-state index in [0.29, 0.717) is 12.4 Å². The molecule has 5 nitrogen and oxygen atoms in total. The first-order chi connectivity index (χ1) is 9.72. The molecule has 0 unspecified atom stereocenters. The van der Waals surface area contributed by atoms with Crippen molar-refractivity contribution in [1.29, 1.82) is 0 Å². The van der Waals surface area contributed by atoms with Gasteiger partial charge in [-0.25, -0.2) is 0 Å². The molecule has 0 saturated heterocycles. The Morgan fingerprint density at radius 3 is 2.55 bits per heavy atom. The monoisotopic (exact) mass is 293 g/mol. The van der Waals surface area contributed by atoms with Gasteiger partial charge in [-0.1, -0.05) is 32.0 Å². The van der Waals surface area contributed by atoms with Crippen molar-refractivity contribution >= 4 is 11.6 Å². The lowest BCUT2D eigenvalue weighted by Crippen LogP contribution is -2.03. The quantitative estimate of drug-likeness (QED) is 0.813. The predicted molar refractivity (Wildman–Crippen MR) is 76.5 cm³/mol. The molecule has 106 valence electrons. The number of aryl methyl sites for hydroxylation is 1. The summed E-state index contributed by atoms with van der Waals surface area (Å²) in [5, 5.41) is 0.0510. The molecule has 1 heterocycles. The average Bonchev–Trinajstić information content (AvgIpc) is 2.45. The van der Waals surface area contributed by atoms with Gasteiger partial charge >= 0.3 is 12.0 Å². The Kier molecular flexibility index (Phi) is 5.12. The summed E-state index contributed by atoms with van der Waals surface area (Å²) < 4.78 is 11.0. The zero-order valence-corrected chi connectivity index (χ0v) is 12.2. The van der Waals surface area contributed by atoms with Gasteiger partial charge in [0.2, 0.25) is 5.28 Å². The van der Waals surface area contributed by atoms with E-state index in [4.69, 9.17) is 21.1 Å². The lowest BCUT2D eigenvalue weighted by Gasteiger charge is -2.09. The van der Waals surface area contributed by atoms with Crippen molar-refractivity contribution in [1.82, 2.24) is 15.0 Å². The molecule has 6 heteroatoms. The Hall–Kier alpha value is -1.88. The SMILES string of the molecule is CCCOc1nc(Cl)nc(Oc2ccccc2CC)n1. The lowest BCUT2D eigenvalue weighted by atomic mass is 10.1. The van der Waals surface area contributed by atoms with Gasteiger partial charge in [0, 0.05) is 0 Å². The van der Waals surface area contributed by atoms with Crippen molar-refractivity contribution < 1.29 is 9.47 Å². The van der Waals surface area contributed by atoms with Crippen LogP contribution in [-0.2, 0) is 6.42 Å². The number of benzene rings is 1. The third kappa shape index (κ3) is 3.81. The van der Waals surface area contributed by atoms with E-state index in [1.54, 1.807) is 0 Å².